The Morgan fingerprint density at radius 3 is 2.37 bits per heavy atom. The minimum absolute atomic E-state index is 0.0168. The fourth-order valence-corrected chi connectivity index (χ4v) is 3.62. The summed E-state index contributed by atoms with van der Waals surface area (Å²) in [5.74, 6) is -0.339. The second-order valence-electron chi connectivity index (χ2n) is 3.91. The monoisotopic (exact) mass is 307 g/mol. The number of nitrogen functional groups attached to an aromatic ring is 1. The molecule has 0 aliphatic carbocycles. The summed E-state index contributed by atoms with van der Waals surface area (Å²) < 4.78 is 50.8. The Labute approximate surface area is 113 Å². The van der Waals surface area contributed by atoms with Gasteiger partial charge in [-0.2, -0.15) is 0 Å². The topological polar surface area (TPSA) is 118 Å². The number of benzene rings is 1. The van der Waals surface area contributed by atoms with E-state index < -0.39 is 20.0 Å². The smallest absolute Gasteiger partial charge is 0.242 e. The van der Waals surface area contributed by atoms with Crippen LogP contribution in [0.3, 0.4) is 0 Å². The van der Waals surface area contributed by atoms with Crippen LogP contribution in [-0.4, -0.2) is 36.2 Å². The van der Waals surface area contributed by atoms with E-state index in [9.17, 15) is 16.8 Å². The molecule has 0 aromatic heterocycles. The molecule has 1 aromatic rings. The van der Waals surface area contributed by atoms with Crippen LogP contribution in [-0.2, 0) is 20.0 Å². The molecular formula is C10H17N3O4S2. The molecule has 7 nitrogen and oxygen atoms in total. The summed E-state index contributed by atoms with van der Waals surface area (Å²) in [6.45, 7) is 1.40. The van der Waals surface area contributed by atoms with Gasteiger partial charge in [0.1, 0.15) is 4.90 Å². The molecule has 0 saturated carbocycles. The van der Waals surface area contributed by atoms with Gasteiger partial charge in [0.2, 0.25) is 20.0 Å². The minimum atomic E-state index is -3.82. The lowest BCUT2D eigenvalue weighted by Gasteiger charge is -2.11. The van der Waals surface area contributed by atoms with Gasteiger partial charge in [-0.25, -0.2) is 26.3 Å². The van der Waals surface area contributed by atoms with E-state index in [0.29, 0.717) is 5.56 Å². The first kappa shape index (κ1) is 15.9. The van der Waals surface area contributed by atoms with E-state index in [1.807, 2.05) is 0 Å². The molecule has 0 atom stereocenters. The fourth-order valence-electron chi connectivity index (χ4n) is 1.53. The van der Waals surface area contributed by atoms with Crippen molar-refractivity contribution in [3.05, 3.63) is 23.8 Å². The fraction of sp³-hybridized carbons (Fsp3) is 0.400. The zero-order valence-corrected chi connectivity index (χ0v) is 12.3. The SMILES string of the molecule is CNS(=O)(=O)CCNS(=O)(=O)c1c(C)cccc1N. The van der Waals surface area contributed by atoms with Crippen molar-refractivity contribution < 1.29 is 16.8 Å². The van der Waals surface area contributed by atoms with Gasteiger partial charge in [0.05, 0.1) is 11.4 Å². The molecule has 0 amide bonds. The van der Waals surface area contributed by atoms with E-state index >= 15 is 0 Å². The second kappa shape index (κ2) is 5.87. The number of aryl methyl sites for hydroxylation is 1. The molecule has 0 fully saturated rings. The highest BCUT2D eigenvalue weighted by Gasteiger charge is 2.20. The van der Waals surface area contributed by atoms with E-state index in [0.717, 1.165) is 0 Å². The van der Waals surface area contributed by atoms with Crippen LogP contribution in [0.15, 0.2) is 23.1 Å². The number of anilines is 1. The molecule has 1 aromatic carbocycles. The summed E-state index contributed by atoms with van der Waals surface area (Å²) in [5.41, 5.74) is 6.27. The maximum absolute atomic E-state index is 12.0. The highest BCUT2D eigenvalue weighted by molar-refractivity contribution is 7.90. The zero-order valence-electron chi connectivity index (χ0n) is 10.7. The van der Waals surface area contributed by atoms with Crippen LogP contribution in [0.4, 0.5) is 5.69 Å². The van der Waals surface area contributed by atoms with Gasteiger partial charge in [-0.3, -0.25) is 0 Å². The molecule has 19 heavy (non-hydrogen) atoms. The molecule has 0 aliphatic rings. The van der Waals surface area contributed by atoms with Crippen LogP contribution in [0.2, 0.25) is 0 Å². The average Bonchev–Trinajstić information content (AvgIpc) is 2.27. The van der Waals surface area contributed by atoms with E-state index in [1.54, 1.807) is 19.1 Å². The van der Waals surface area contributed by atoms with Gasteiger partial charge in [0.25, 0.3) is 0 Å². The lowest BCUT2D eigenvalue weighted by Crippen LogP contribution is -2.33. The van der Waals surface area contributed by atoms with Gasteiger partial charge in [0.15, 0.2) is 0 Å². The molecule has 0 heterocycles. The Bertz CT molecular complexity index is 633. The molecular weight excluding hydrogens is 290 g/mol. The summed E-state index contributed by atoms with van der Waals surface area (Å²) in [5, 5.41) is 0. The van der Waals surface area contributed by atoms with Crippen LogP contribution in [0.1, 0.15) is 5.56 Å². The van der Waals surface area contributed by atoms with Gasteiger partial charge in [-0.15, -0.1) is 0 Å². The summed E-state index contributed by atoms with van der Waals surface area (Å²) >= 11 is 0. The Morgan fingerprint density at radius 2 is 1.84 bits per heavy atom. The largest absolute Gasteiger partial charge is 0.398 e. The third-order valence-electron chi connectivity index (χ3n) is 2.48. The predicted molar refractivity (Wildman–Crippen MR) is 73.6 cm³/mol. The predicted octanol–water partition coefficient (Wildman–Crippen LogP) is -0.595. The second-order valence-corrected chi connectivity index (χ2v) is 7.66. The van der Waals surface area contributed by atoms with Crippen LogP contribution in [0.25, 0.3) is 0 Å². The van der Waals surface area contributed by atoms with E-state index in [-0.39, 0.29) is 22.9 Å². The summed E-state index contributed by atoms with van der Waals surface area (Å²) in [4.78, 5) is -0.0168. The first-order valence-corrected chi connectivity index (χ1v) is 8.59. The number of rotatable bonds is 6. The van der Waals surface area contributed by atoms with Gasteiger partial charge in [-0.1, -0.05) is 12.1 Å². The molecule has 0 radical (unpaired) electrons. The Hall–Kier alpha value is -1.16. The van der Waals surface area contributed by atoms with Crippen molar-refractivity contribution in [2.45, 2.75) is 11.8 Å². The van der Waals surface area contributed by atoms with Crippen molar-refractivity contribution in [2.24, 2.45) is 0 Å². The van der Waals surface area contributed by atoms with Crippen LogP contribution < -0.4 is 15.2 Å². The summed E-state index contributed by atoms with van der Waals surface area (Å²) in [6, 6.07) is 4.75. The van der Waals surface area contributed by atoms with Crippen LogP contribution in [0.5, 0.6) is 0 Å². The normalized spacial score (nSPS) is 12.5. The molecule has 0 aliphatic heterocycles. The molecule has 1 rings (SSSR count). The quantitative estimate of drug-likeness (QED) is 0.607. The lowest BCUT2D eigenvalue weighted by molar-refractivity contribution is 0.578. The number of sulfonamides is 2. The van der Waals surface area contributed by atoms with Crippen molar-refractivity contribution in [2.75, 3.05) is 25.1 Å². The molecule has 9 heteroatoms. The summed E-state index contributed by atoms with van der Waals surface area (Å²) in [7, 11) is -6.01. The molecule has 0 bridgehead atoms. The van der Waals surface area contributed by atoms with Gasteiger partial charge in [-0.05, 0) is 25.6 Å². The Balaban J connectivity index is 2.89. The lowest BCUT2D eigenvalue weighted by atomic mass is 10.2. The molecule has 4 N–H and O–H groups in total. The molecule has 0 unspecified atom stereocenters. The number of nitrogens with two attached hydrogens (primary N) is 1. The first-order valence-electron chi connectivity index (χ1n) is 5.45. The number of nitrogens with one attached hydrogen (secondary N) is 2. The average molecular weight is 307 g/mol. The van der Waals surface area contributed by atoms with Crippen molar-refractivity contribution in [1.29, 1.82) is 0 Å². The van der Waals surface area contributed by atoms with Crippen molar-refractivity contribution in [1.82, 2.24) is 9.44 Å². The molecule has 0 saturated heterocycles. The van der Waals surface area contributed by atoms with Gasteiger partial charge < -0.3 is 5.73 Å². The Morgan fingerprint density at radius 1 is 1.21 bits per heavy atom. The van der Waals surface area contributed by atoms with E-state index in [1.165, 1.54) is 13.1 Å². The van der Waals surface area contributed by atoms with Crippen molar-refractivity contribution in [3.8, 4) is 0 Å². The van der Waals surface area contributed by atoms with E-state index in [2.05, 4.69) is 9.44 Å². The maximum atomic E-state index is 12.0. The number of hydrogen-bond donors (Lipinski definition) is 3. The van der Waals surface area contributed by atoms with E-state index in [4.69, 9.17) is 5.73 Å². The molecule has 0 spiro atoms. The molecule has 108 valence electrons. The third kappa shape index (κ3) is 4.16. The maximum Gasteiger partial charge on any atom is 0.242 e. The highest BCUT2D eigenvalue weighted by atomic mass is 32.2. The van der Waals surface area contributed by atoms with Gasteiger partial charge >= 0.3 is 0 Å². The van der Waals surface area contributed by atoms with Gasteiger partial charge in [0, 0.05) is 6.54 Å². The third-order valence-corrected chi connectivity index (χ3v) is 5.53. The summed E-state index contributed by atoms with van der Waals surface area (Å²) in [6.07, 6.45) is 0. The Kier molecular flexibility index (Phi) is 4.91. The first-order chi connectivity index (χ1) is 8.69. The standard InChI is InChI=1S/C10H17N3O4S2/c1-8-4-3-5-9(11)10(8)19(16,17)13-6-7-18(14,15)12-2/h3-5,12-13H,6-7,11H2,1-2H3. The van der Waals surface area contributed by atoms with Crippen molar-refractivity contribution >= 4 is 25.7 Å². The minimum Gasteiger partial charge on any atom is -0.398 e. The van der Waals surface area contributed by atoms with Crippen LogP contribution in [0, 0.1) is 6.92 Å². The van der Waals surface area contributed by atoms with Crippen molar-refractivity contribution in [3.63, 3.8) is 0 Å². The van der Waals surface area contributed by atoms with Crippen LogP contribution >= 0.6 is 0 Å². The zero-order chi connectivity index (χ0) is 14.7. The number of hydrogen-bond acceptors (Lipinski definition) is 5. The highest BCUT2D eigenvalue weighted by Crippen LogP contribution is 2.21.